The fourth-order valence-corrected chi connectivity index (χ4v) is 2.38. The van der Waals surface area contributed by atoms with Crippen LogP contribution in [-0.2, 0) is 11.2 Å². The molecular formula is C16H26N2O. The molecule has 3 nitrogen and oxygen atoms in total. The fraction of sp³-hybridized carbons (Fsp3) is 0.562. The first-order valence-electron chi connectivity index (χ1n) is 7.04. The average Bonchev–Trinajstić information content (AvgIpc) is 2.34. The van der Waals surface area contributed by atoms with E-state index in [0.717, 1.165) is 11.6 Å². The van der Waals surface area contributed by atoms with Crippen LogP contribution < -0.4 is 11.5 Å². The molecule has 3 heteroatoms. The Kier molecular flexibility index (Phi) is 6.57. The third kappa shape index (κ3) is 6.97. The van der Waals surface area contributed by atoms with E-state index in [4.69, 9.17) is 11.5 Å². The Bertz CT molecular complexity index is 374. The summed E-state index contributed by atoms with van der Waals surface area (Å²) in [4.78, 5) is 9.44. The van der Waals surface area contributed by atoms with Crippen molar-refractivity contribution in [2.24, 2.45) is 11.7 Å². The van der Waals surface area contributed by atoms with E-state index in [-0.39, 0.29) is 5.78 Å². The van der Waals surface area contributed by atoms with Crippen LogP contribution in [0.25, 0.3) is 0 Å². The Morgan fingerprint density at radius 1 is 1.11 bits per heavy atom. The fourth-order valence-electron chi connectivity index (χ4n) is 2.38. The van der Waals surface area contributed by atoms with Crippen molar-refractivity contribution < 1.29 is 4.79 Å². The Hall–Kier alpha value is -1.35. The minimum atomic E-state index is 0.167. The highest BCUT2D eigenvalue weighted by atomic mass is 16.1. The normalized spacial score (nSPS) is 22.3. The zero-order valence-corrected chi connectivity index (χ0v) is 12.1. The van der Waals surface area contributed by atoms with Crippen LogP contribution >= 0.6 is 0 Å². The van der Waals surface area contributed by atoms with Crippen LogP contribution in [-0.4, -0.2) is 11.8 Å². The average molecular weight is 262 g/mol. The molecule has 0 aliphatic heterocycles. The second-order valence-corrected chi connectivity index (χ2v) is 5.63. The first kappa shape index (κ1) is 15.7. The number of benzene rings is 1. The van der Waals surface area contributed by atoms with Gasteiger partial charge in [-0.3, -0.25) is 0 Å². The van der Waals surface area contributed by atoms with Crippen molar-refractivity contribution in [1.29, 1.82) is 0 Å². The van der Waals surface area contributed by atoms with Gasteiger partial charge in [-0.15, -0.1) is 0 Å². The lowest BCUT2D eigenvalue weighted by molar-refractivity contribution is -0.114. The molecule has 1 aromatic rings. The van der Waals surface area contributed by atoms with Crippen LogP contribution in [0, 0.1) is 5.92 Å². The summed E-state index contributed by atoms with van der Waals surface area (Å²) in [6, 6.07) is 8.72. The molecule has 0 aromatic heterocycles. The standard InChI is InChI=1S/C13H20N2.C3H6O/c14-12-5-1-10(2-6-12)9-11-3-7-13(15)8-4-11;1-3(2)4/h1-2,5-6,11,13H,3-4,7-9,14-15H2;1-2H3. The lowest BCUT2D eigenvalue weighted by atomic mass is 9.83. The Balaban J connectivity index is 0.000000399. The summed E-state index contributed by atoms with van der Waals surface area (Å²) >= 11 is 0. The van der Waals surface area contributed by atoms with Crippen LogP contribution in [0.4, 0.5) is 5.69 Å². The predicted octanol–water partition coefficient (Wildman–Crippen LogP) is 2.92. The Morgan fingerprint density at radius 3 is 2.05 bits per heavy atom. The highest BCUT2D eigenvalue weighted by molar-refractivity contribution is 5.72. The summed E-state index contributed by atoms with van der Waals surface area (Å²) in [5.74, 6) is 0.994. The minimum Gasteiger partial charge on any atom is -0.399 e. The molecule has 0 amide bonds. The number of ketones is 1. The van der Waals surface area contributed by atoms with Gasteiger partial charge in [0.15, 0.2) is 0 Å². The monoisotopic (exact) mass is 262 g/mol. The molecule has 1 aromatic carbocycles. The second-order valence-electron chi connectivity index (χ2n) is 5.63. The van der Waals surface area contributed by atoms with Crippen molar-refractivity contribution in [2.45, 2.75) is 52.0 Å². The van der Waals surface area contributed by atoms with E-state index < -0.39 is 0 Å². The molecule has 19 heavy (non-hydrogen) atoms. The molecule has 2 rings (SSSR count). The van der Waals surface area contributed by atoms with Crippen molar-refractivity contribution in [1.82, 2.24) is 0 Å². The van der Waals surface area contributed by atoms with E-state index >= 15 is 0 Å². The van der Waals surface area contributed by atoms with E-state index in [9.17, 15) is 4.79 Å². The quantitative estimate of drug-likeness (QED) is 0.805. The molecule has 1 fully saturated rings. The third-order valence-electron chi connectivity index (χ3n) is 3.40. The molecule has 1 saturated carbocycles. The molecule has 0 unspecified atom stereocenters. The second kappa shape index (κ2) is 7.95. The number of Topliss-reactive ketones (excluding diaryl/α,β-unsaturated/α-hetero) is 1. The third-order valence-corrected chi connectivity index (χ3v) is 3.40. The van der Waals surface area contributed by atoms with Crippen molar-refractivity contribution >= 4 is 11.5 Å². The SMILES string of the molecule is CC(C)=O.Nc1ccc(CC2CCC(N)CC2)cc1. The first-order chi connectivity index (χ1) is 8.97. The maximum absolute atomic E-state index is 9.44. The number of nitrogens with two attached hydrogens (primary N) is 2. The number of carbonyl (C=O) groups is 1. The summed E-state index contributed by atoms with van der Waals surface area (Å²) in [6.07, 6.45) is 6.14. The van der Waals surface area contributed by atoms with Crippen molar-refractivity contribution in [3.05, 3.63) is 29.8 Å². The van der Waals surface area contributed by atoms with Crippen LogP contribution in [0.5, 0.6) is 0 Å². The number of nitrogen functional groups attached to an aromatic ring is 1. The van der Waals surface area contributed by atoms with E-state index in [0.29, 0.717) is 6.04 Å². The van der Waals surface area contributed by atoms with Crippen LogP contribution in [0.2, 0.25) is 0 Å². The molecule has 0 saturated heterocycles. The van der Waals surface area contributed by atoms with Gasteiger partial charge in [0.2, 0.25) is 0 Å². The lowest BCUT2D eigenvalue weighted by Crippen LogP contribution is -2.27. The maximum Gasteiger partial charge on any atom is 0.126 e. The molecular weight excluding hydrogens is 236 g/mol. The van der Waals surface area contributed by atoms with Crippen LogP contribution in [0.3, 0.4) is 0 Å². The van der Waals surface area contributed by atoms with Gasteiger partial charge in [-0.05, 0) is 69.6 Å². The van der Waals surface area contributed by atoms with Crippen LogP contribution in [0.15, 0.2) is 24.3 Å². The van der Waals surface area contributed by atoms with Gasteiger partial charge in [0.05, 0.1) is 0 Å². The van der Waals surface area contributed by atoms with E-state index in [1.165, 1.54) is 51.5 Å². The summed E-state index contributed by atoms with van der Waals surface area (Å²) in [6.45, 7) is 3.06. The van der Waals surface area contributed by atoms with Crippen molar-refractivity contribution in [2.75, 3.05) is 5.73 Å². The van der Waals surface area contributed by atoms with E-state index in [1.54, 1.807) is 0 Å². The predicted molar refractivity (Wildman–Crippen MR) is 80.8 cm³/mol. The summed E-state index contributed by atoms with van der Waals surface area (Å²) in [5.41, 5.74) is 13.8. The molecule has 0 spiro atoms. The first-order valence-corrected chi connectivity index (χ1v) is 7.04. The molecule has 0 bridgehead atoms. The van der Waals surface area contributed by atoms with Gasteiger partial charge in [-0.25, -0.2) is 0 Å². The Labute approximate surface area is 116 Å². The topological polar surface area (TPSA) is 69.1 Å². The van der Waals surface area contributed by atoms with Gasteiger partial charge < -0.3 is 16.3 Å². The molecule has 0 radical (unpaired) electrons. The molecule has 0 atom stereocenters. The van der Waals surface area contributed by atoms with Crippen LogP contribution in [0.1, 0.15) is 45.1 Å². The van der Waals surface area contributed by atoms with E-state index in [2.05, 4.69) is 12.1 Å². The van der Waals surface area contributed by atoms with Crippen molar-refractivity contribution in [3.63, 3.8) is 0 Å². The highest BCUT2D eigenvalue weighted by Crippen LogP contribution is 2.26. The number of carbonyl (C=O) groups excluding carboxylic acids is 1. The minimum absolute atomic E-state index is 0.167. The summed E-state index contributed by atoms with van der Waals surface area (Å²) in [5, 5.41) is 0. The zero-order valence-electron chi connectivity index (χ0n) is 12.1. The molecule has 4 N–H and O–H groups in total. The van der Waals surface area contributed by atoms with Gasteiger partial charge in [0.25, 0.3) is 0 Å². The Morgan fingerprint density at radius 2 is 1.58 bits per heavy atom. The number of rotatable bonds is 2. The number of hydrogen-bond donors (Lipinski definition) is 2. The maximum atomic E-state index is 9.44. The smallest absolute Gasteiger partial charge is 0.126 e. The number of anilines is 1. The molecule has 0 heterocycles. The van der Waals surface area contributed by atoms with Crippen molar-refractivity contribution in [3.8, 4) is 0 Å². The van der Waals surface area contributed by atoms with Gasteiger partial charge in [-0.2, -0.15) is 0 Å². The van der Waals surface area contributed by atoms with Gasteiger partial charge in [-0.1, -0.05) is 12.1 Å². The highest BCUT2D eigenvalue weighted by Gasteiger charge is 2.18. The molecule has 1 aliphatic carbocycles. The van der Waals surface area contributed by atoms with E-state index in [1.807, 2.05) is 12.1 Å². The van der Waals surface area contributed by atoms with Gasteiger partial charge in [0.1, 0.15) is 5.78 Å². The zero-order chi connectivity index (χ0) is 14.3. The molecule has 1 aliphatic rings. The largest absolute Gasteiger partial charge is 0.399 e. The van der Waals surface area contributed by atoms with Gasteiger partial charge >= 0.3 is 0 Å². The summed E-state index contributed by atoms with van der Waals surface area (Å²) < 4.78 is 0. The number of hydrogen-bond acceptors (Lipinski definition) is 3. The molecule has 106 valence electrons. The lowest BCUT2D eigenvalue weighted by Gasteiger charge is -2.26. The van der Waals surface area contributed by atoms with Gasteiger partial charge in [0, 0.05) is 11.7 Å². The summed E-state index contributed by atoms with van der Waals surface area (Å²) in [7, 11) is 0.